The number of hydrogen-bond acceptors (Lipinski definition) is 5. The maximum Gasteiger partial charge on any atom is 0.223 e. The Morgan fingerprint density at radius 1 is 1.00 bits per heavy atom. The minimum atomic E-state index is 0.0966. The maximum absolute atomic E-state index is 12.7. The van der Waals surface area contributed by atoms with Gasteiger partial charge in [-0.15, -0.1) is 0 Å². The minimum absolute atomic E-state index is 0.0966. The predicted octanol–water partition coefficient (Wildman–Crippen LogP) is 3.11. The number of nitrogens with zero attached hydrogens (tertiary/aromatic N) is 2. The number of hydrogen-bond donors (Lipinski definition) is 1. The number of ether oxygens (including phenoxy) is 2. The third kappa shape index (κ3) is 7.10. The summed E-state index contributed by atoms with van der Waals surface area (Å²) in [4.78, 5) is 29.6. The lowest BCUT2D eigenvalue weighted by atomic mass is 9.92. The fourth-order valence-corrected chi connectivity index (χ4v) is 5.00. The zero-order chi connectivity index (χ0) is 23.8. The lowest BCUT2D eigenvalue weighted by Gasteiger charge is -2.41. The Balaban J connectivity index is 1.36. The number of carbonyl (C=O) groups is 2. The van der Waals surface area contributed by atoms with E-state index in [-0.39, 0.29) is 11.8 Å². The standard InChI is InChI=1S/C26H41N3O4/c1-19(2)17-25(30)29-15-10-22(11-16-29)28-13-8-21(9-14-28)26(31)27-12-7-20-5-6-23(32-3)24(18-20)33-4/h5-6,18-19,21-22H,7-17H2,1-4H3,(H,27,31). The molecular formula is C26H41N3O4. The van der Waals surface area contributed by atoms with E-state index >= 15 is 0 Å². The Morgan fingerprint density at radius 3 is 2.27 bits per heavy atom. The molecule has 0 aromatic heterocycles. The van der Waals surface area contributed by atoms with Crippen LogP contribution in [0.3, 0.4) is 0 Å². The molecule has 0 bridgehead atoms. The van der Waals surface area contributed by atoms with E-state index < -0.39 is 0 Å². The first kappa shape index (κ1) is 25.3. The van der Waals surface area contributed by atoms with Crippen LogP contribution in [0.15, 0.2) is 18.2 Å². The fourth-order valence-electron chi connectivity index (χ4n) is 5.00. The first-order chi connectivity index (χ1) is 15.9. The van der Waals surface area contributed by atoms with Crippen molar-refractivity contribution in [2.45, 2.75) is 58.4 Å². The third-order valence-electron chi connectivity index (χ3n) is 6.98. The van der Waals surface area contributed by atoms with Crippen LogP contribution in [0.1, 0.15) is 51.5 Å². The van der Waals surface area contributed by atoms with Gasteiger partial charge in [-0.25, -0.2) is 0 Å². The zero-order valence-corrected chi connectivity index (χ0v) is 20.8. The molecule has 0 radical (unpaired) electrons. The summed E-state index contributed by atoms with van der Waals surface area (Å²) in [5.41, 5.74) is 1.11. The van der Waals surface area contributed by atoms with E-state index in [1.165, 1.54) is 0 Å². The van der Waals surface area contributed by atoms with E-state index in [4.69, 9.17) is 9.47 Å². The molecule has 1 aromatic rings. The summed E-state index contributed by atoms with van der Waals surface area (Å²) in [6.07, 6.45) is 5.33. The first-order valence-corrected chi connectivity index (χ1v) is 12.4. The number of amides is 2. The van der Waals surface area contributed by atoms with Gasteiger partial charge in [0.2, 0.25) is 11.8 Å². The van der Waals surface area contributed by atoms with Crippen LogP contribution in [0.5, 0.6) is 11.5 Å². The van der Waals surface area contributed by atoms with E-state index in [2.05, 4.69) is 24.1 Å². The highest BCUT2D eigenvalue weighted by molar-refractivity contribution is 5.78. The number of methoxy groups -OCH3 is 2. The molecule has 2 amide bonds. The van der Waals surface area contributed by atoms with E-state index in [1.807, 2.05) is 23.1 Å². The van der Waals surface area contributed by atoms with Crippen LogP contribution in [0.25, 0.3) is 0 Å². The number of nitrogens with one attached hydrogen (secondary N) is 1. The van der Waals surface area contributed by atoms with Gasteiger partial charge in [0.1, 0.15) is 0 Å². The average Bonchev–Trinajstić information content (AvgIpc) is 2.83. The second kappa shape index (κ2) is 12.3. The van der Waals surface area contributed by atoms with Crippen LogP contribution < -0.4 is 14.8 Å². The molecule has 2 aliphatic heterocycles. The SMILES string of the molecule is COc1ccc(CCNC(=O)C2CCN(C3CCN(C(=O)CC(C)C)CC3)CC2)cc1OC. The van der Waals surface area contributed by atoms with Crippen molar-refractivity contribution in [3.63, 3.8) is 0 Å². The zero-order valence-electron chi connectivity index (χ0n) is 20.8. The molecule has 3 rings (SSSR count). The molecule has 33 heavy (non-hydrogen) atoms. The van der Waals surface area contributed by atoms with Crippen molar-refractivity contribution >= 4 is 11.8 Å². The molecule has 2 aliphatic rings. The normalized spacial score (nSPS) is 18.4. The van der Waals surface area contributed by atoms with Gasteiger partial charge in [-0.1, -0.05) is 19.9 Å². The summed E-state index contributed by atoms with van der Waals surface area (Å²) >= 11 is 0. The highest BCUT2D eigenvalue weighted by Crippen LogP contribution is 2.28. The third-order valence-corrected chi connectivity index (χ3v) is 6.98. The van der Waals surface area contributed by atoms with Crippen molar-refractivity contribution in [3.05, 3.63) is 23.8 Å². The highest BCUT2D eigenvalue weighted by Gasteiger charge is 2.31. The van der Waals surface area contributed by atoms with Crippen molar-refractivity contribution in [2.24, 2.45) is 11.8 Å². The van der Waals surface area contributed by atoms with Gasteiger partial charge in [0, 0.05) is 38.0 Å². The summed E-state index contributed by atoms with van der Waals surface area (Å²) in [6.45, 7) is 8.50. The Hall–Kier alpha value is -2.28. The number of benzene rings is 1. The lowest BCUT2D eigenvalue weighted by Crippen LogP contribution is -2.50. The van der Waals surface area contributed by atoms with E-state index in [0.29, 0.717) is 42.3 Å². The van der Waals surface area contributed by atoms with Crippen LogP contribution in [0.2, 0.25) is 0 Å². The van der Waals surface area contributed by atoms with Gasteiger partial charge in [0.05, 0.1) is 14.2 Å². The Bertz CT molecular complexity index is 782. The second-order valence-corrected chi connectivity index (χ2v) is 9.75. The van der Waals surface area contributed by atoms with Crippen LogP contribution >= 0.6 is 0 Å². The van der Waals surface area contributed by atoms with Crippen molar-refractivity contribution in [1.82, 2.24) is 15.1 Å². The van der Waals surface area contributed by atoms with Gasteiger partial charge < -0.3 is 24.6 Å². The summed E-state index contributed by atoms with van der Waals surface area (Å²) in [5.74, 6) is 2.41. The summed E-state index contributed by atoms with van der Waals surface area (Å²) in [6, 6.07) is 6.41. The molecular weight excluding hydrogens is 418 g/mol. The van der Waals surface area contributed by atoms with Gasteiger partial charge in [0.15, 0.2) is 11.5 Å². The second-order valence-electron chi connectivity index (χ2n) is 9.75. The van der Waals surface area contributed by atoms with Crippen molar-refractivity contribution in [2.75, 3.05) is 46.9 Å². The van der Waals surface area contributed by atoms with Gasteiger partial charge in [-0.3, -0.25) is 9.59 Å². The molecule has 1 aromatic carbocycles. The molecule has 2 heterocycles. The number of likely N-dealkylation sites (tertiary alicyclic amines) is 2. The molecule has 0 aliphatic carbocycles. The van der Waals surface area contributed by atoms with Crippen LogP contribution in [0, 0.1) is 11.8 Å². The van der Waals surface area contributed by atoms with E-state index in [0.717, 1.165) is 63.8 Å². The number of piperidine rings is 2. The Morgan fingerprint density at radius 2 is 1.67 bits per heavy atom. The minimum Gasteiger partial charge on any atom is -0.493 e. The molecule has 0 saturated carbocycles. The molecule has 7 heteroatoms. The van der Waals surface area contributed by atoms with Crippen molar-refractivity contribution < 1.29 is 19.1 Å². The number of rotatable bonds is 9. The first-order valence-electron chi connectivity index (χ1n) is 12.4. The van der Waals surface area contributed by atoms with E-state index in [9.17, 15) is 9.59 Å². The molecule has 0 atom stereocenters. The van der Waals surface area contributed by atoms with Crippen molar-refractivity contribution in [3.8, 4) is 11.5 Å². The monoisotopic (exact) mass is 459 g/mol. The quantitative estimate of drug-likeness (QED) is 0.614. The largest absolute Gasteiger partial charge is 0.493 e. The van der Waals surface area contributed by atoms with Gasteiger partial charge in [0.25, 0.3) is 0 Å². The maximum atomic E-state index is 12.7. The summed E-state index contributed by atoms with van der Waals surface area (Å²) in [5, 5.41) is 3.12. The Labute approximate surface area is 198 Å². The molecule has 1 N–H and O–H groups in total. The molecule has 2 fully saturated rings. The molecule has 7 nitrogen and oxygen atoms in total. The van der Waals surface area contributed by atoms with Crippen LogP contribution in [-0.2, 0) is 16.0 Å². The predicted molar refractivity (Wildman–Crippen MR) is 130 cm³/mol. The molecule has 0 spiro atoms. The van der Waals surface area contributed by atoms with Gasteiger partial charge in [-0.2, -0.15) is 0 Å². The average molecular weight is 460 g/mol. The van der Waals surface area contributed by atoms with E-state index in [1.54, 1.807) is 14.2 Å². The lowest BCUT2D eigenvalue weighted by molar-refractivity contribution is -0.134. The Kier molecular flexibility index (Phi) is 9.41. The van der Waals surface area contributed by atoms with Gasteiger partial charge >= 0.3 is 0 Å². The highest BCUT2D eigenvalue weighted by atomic mass is 16.5. The smallest absolute Gasteiger partial charge is 0.223 e. The van der Waals surface area contributed by atoms with Gasteiger partial charge in [-0.05, 0) is 68.8 Å². The molecule has 2 saturated heterocycles. The fraction of sp³-hybridized carbons (Fsp3) is 0.692. The number of carbonyl (C=O) groups excluding carboxylic acids is 2. The molecule has 184 valence electrons. The summed E-state index contributed by atoms with van der Waals surface area (Å²) in [7, 11) is 3.26. The summed E-state index contributed by atoms with van der Waals surface area (Å²) < 4.78 is 10.6. The van der Waals surface area contributed by atoms with Crippen LogP contribution in [0.4, 0.5) is 0 Å². The molecule has 0 unspecified atom stereocenters. The van der Waals surface area contributed by atoms with Crippen molar-refractivity contribution in [1.29, 1.82) is 0 Å². The van der Waals surface area contributed by atoms with Crippen LogP contribution in [-0.4, -0.2) is 74.6 Å². The topological polar surface area (TPSA) is 71.1 Å².